The van der Waals surface area contributed by atoms with Crippen molar-refractivity contribution < 1.29 is 44.9 Å². The quantitative estimate of drug-likeness (QED) is 0.0437. The van der Waals surface area contributed by atoms with Crippen LogP contribution in [0.15, 0.2) is 0 Å². The second-order valence-corrected chi connectivity index (χ2v) is 20.3. The van der Waals surface area contributed by atoms with Gasteiger partial charge in [-0.1, -0.05) is 166 Å². The molecule has 14 heteroatoms. The molecule has 0 heterocycles. The Kier molecular flexibility index (Phi) is 37.5. The van der Waals surface area contributed by atoms with Crippen molar-refractivity contribution in [1.82, 2.24) is 0 Å². The minimum atomic E-state index is -4.95. The molecule has 0 N–H and O–H groups in total. The molecule has 0 spiro atoms. The maximum absolute atomic E-state index is 15.0. The Morgan fingerprint density at radius 3 is 0.685 bits per heavy atom. The summed E-state index contributed by atoms with van der Waals surface area (Å²) in [6.45, 7) is 21.2. The van der Waals surface area contributed by atoms with E-state index in [1.54, 1.807) is 0 Å². The van der Waals surface area contributed by atoms with E-state index in [4.69, 9.17) is 31.2 Å². The summed E-state index contributed by atoms with van der Waals surface area (Å²) in [5.74, 6) is 0.403. The van der Waals surface area contributed by atoms with Gasteiger partial charge in [0.15, 0.2) is 0 Å². The van der Waals surface area contributed by atoms with Crippen LogP contribution >= 0.6 is 23.5 Å². The molecule has 0 saturated heterocycles. The maximum atomic E-state index is 15.0. The number of hydrogen-bond donors (Lipinski definition) is 0. The fraction of sp³-hybridized carbons (Fsp3) is 1.00. The van der Waals surface area contributed by atoms with Crippen molar-refractivity contribution in [1.29, 1.82) is 0 Å². The standard InChI is InChI=1S/C40H85O10P3.Na/c1-11-21-26-36(16-6)31-44-51(41,45-32-37(17-7)27-22-12-2)49-53(43,48-35-40(20-10)30-25-15-5)50-52(42,46-33-38(18-8)28-23-13-3)47-34-39(19-9)29-24-14-4;/h36-40H,11-35H2,1-10H3;. The van der Waals surface area contributed by atoms with Crippen molar-refractivity contribution in [2.45, 2.75) is 198 Å². The Hall–Kier alpha value is 1.41. The number of rotatable bonds is 39. The van der Waals surface area contributed by atoms with Crippen molar-refractivity contribution in [3.05, 3.63) is 0 Å². The Bertz CT molecular complexity index is 895. The minimum Gasteiger partial charge on any atom is -0.286 e. The monoisotopic (exact) mass is 842 g/mol. The smallest absolute Gasteiger partial charge is 0.286 e. The Morgan fingerprint density at radius 1 is 0.333 bits per heavy atom. The molecule has 0 aliphatic heterocycles. The van der Waals surface area contributed by atoms with Crippen LogP contribution in [0.5, 0.6) is 0 Å². The average Bonchev–Trinajstić information content (AvgIpc) is 3.15. The summed E-state index contributed by atoms with van der Waals surface area (Å²) in [5, 5.41) is 0. The van der Waals surface area contributed by atoms with Gasteiger partial charge in [-0.2, -0.15) is 8.62 Å². The summed E-state index contributed by atoms with van der Waals surface area (Å²) < 4.78 is 86.2. The van der Waals surface area contributed by atoms with Crippen molar-refractivity contribution in [2.24, 2.45) is 29.6 Å². The molecule has 54 heavy (non-hydrogen) atoms. The fourth-order valence-corrected chi connectivity index (χ4v) is 11.5. The van der Waals surface area contributed by atoms with Crippen LogP contribution in [0.25, 0.3) is 0 Å². The first-order valence-electron chi connectivity index (χ1n) is 21.8. The second-order valence-electron chi connectivity index (χ2n) is 15.1. The molecule has 0 saturated carbocycles. The first-order valence-corrected chi connectivity index (χ1v) is 26.2. The van der Waals surface area contributed by atoms with E-state index in [9.17, 15) is 13.7 Å². The molecule has 10 nitrogen and oxygen atoms in total. The van der Waals surface area contributed by atoms with Gasteiger partial charge < -0.3 is 0 Å². The number of unbranched alkanes of at least 4 members (excludes halogenated alkanes) is 5. The second kappa shape index (κ2) is 35.2. The van der Waals surface area contributed by atoms with Crippen LogP contribution in [0.3, 0.4) is 0 Å². The van der Waals surface area contributed by atoms with Crippen molar-refractivity contribution >= 4 is 53.0 Å². The van der Waals surface area contributed by atoms with Gasteiger partial charge in [0.05, 0.1) is 33.0 Å². The van der Waals surface area contributed by atoms with E-state index in [0.29, 0.717) is 0 Å². The molecule has 0 aliphatic carbocycles. The zero-order valence-corrected chi connectivity index (χ0v) is 41.7. The summed E-state index contributed by atoms with van der Waals surface area (Å²) >= 11 is 0. The summed E-state index contributed by atoms with van der Waals surface area (Å²) in [6, 6.07) is 0. The summed E-state index contributed by atoms with van der Waals surface area (Å²) in [7, 11) is -14.1. The normalized spacial score (nSPS) is 18.1. The van der Waals surface area contributed by atoms with Crippen molar-refractivity contribution in [2.75, 3.05) is 33.0 Å². The first kappa shape index (κ1) is 57.5. The molecule has 0 amide bonds. The summed E-state index contributed by atoms with van der Waals surface area (Å²) in [5.41, 5.74) is 0. The summed E-state index contributed by atoms with van der Waals surface area (Å²) in [6.07, 6.45) is 18.4. The largest absolute Gasteiger partial charge is 0.492 e. The van der Waals surface area contributed by atoms with E-state index in [1.165, 1.54) is 0 Å². The summed E-state index contributed by atoms with van der Waals surface area (Å²) in [4.78, 5) is 0. The molecular formula is C40H85NaO10P3. The first-order chi connectivity index (χ1) is 25.4. The van der Waals surface area contributed by atoms with Gasteiger partial charge in [-0.15, -0.1) is 0 Å². The van der Waals surface area contributed by atoms with Crippen LogP contribution in [-0.2, 0) is 44.9 Å². The molecule has 5 unspecified atom stereocenters. The van der Waals surface area contributed by atoms with Gasteiger partial charge in [-0.25, -0.2) is 13.7 Å². The van der Waals surface area contributed by atoms with Gasteiger partial charge in [0.25, 0.3) is 0 Å². The molecule has 0 aromatic carbocycles. The van der Waals surface area contributed by atoms with Crippen LogP contribution in [0.1, 0.15) is 198 Å². The fourth-order valence-electron chi connectivity index (χ4n) is 5.95. The third-order valence-electron chi connectivity index (χ3n) is 10.5. The molecule has 321 valence electrons. The van der Waals surface area contributed by atoms with E-state index in [-0.39, 0.29) is 92.2 Å². The van der Waals surface area contributed by atoms with E-state index in [0.717, 1.165) is 128 Å². The van der Waals surface area contributed by atoms with Crippen molar-refractivity contribution in [3.8, 4) is 0 Å². The van der Waals surface area contributed by atoms with Gasteiger partial charge in [-0.3, -0.25) is 22.6 Å². The number of hydrogen-bond acceptors (Lipinski definition) is 10. The zero-order chi connectivity index (χ0) is 40.0. The predicted molar refractivity (Wildman–Crippen MR) is 227 cm³/mol. The Labute approximate surface area is 356 Å². The van der Waals surface area contributed by atoms with E-state index in [1.807, 2.05) is 6.92 Å². The molecule has 0 aliphatic rings. The van der Waals surface area contributed by atoms with E-state index in [2.05, 4.69) is 62.3 Å². The van der Waals surface area contributed by atoms with Crippen LogP contribution < -0.4 is 0 Å². The molecule has 0 rings (SSSR count). The van der Waals surface area contributed by atoms with E-state index >= 15 is 0 Å². The third kappa shape index (κ3) is 27.2. The number of phosphoric acid groups is 3. The Morgan fingerprint density at radius 2 is 0.519 bits per heavy atom. The van der Waals surface area contributed by atoms with Crippen LogP contribution in [0.2, 0.25) is 0 Å². The molecule has 0 aromatic heterocycles. The number of phosphoric ester groups is 2. The molecule has 5 atom stereocenters. The SMILES string of the molecule is CCCCC(CC)COP(=O)(OCC(CC)CCCC)OP(=O)(OCC(CC)CCCC)OP(=O)(OCC(CC)CCCC)OCC(CC)CCCC.[Na]. The maximum Gasteiger partial charge on any atom is 0.492 e. The van der Waals surface area contributed by atoms with Crippen LogP contribution in [0.4, 0.5) is 0 Å². The van der Waals surface area contributed by atoms with E-state index < -0.39 is 23.5 Å². The molecular weight excluding hydrogens is 756 g/mol. The average molecular weight is 842 g/mol. The van der Waals surface area contributed by atoms with Crippen LogP contribution in [0, 0.1) is 29.6 Å². The van der Waals surface area contributed by atoms with Gasteiger partial charge in [0.1, 0.15) is 0 Å². The molecule has 0 fully saturated rings. The van der Waals surface area contributed by atoms with Gasteiger partial charge in [0, 0.05) is 29.6 Å². The topological polar surface area (TPSA) is 116 Å². The molecule has 0 aromatic rings. The third-order valence-corrected chi connectivity index (χ3v) is 16.0. The van der Waals surface area contributed by atoms with Gasteiger partial charge in [0.2, 0.25) is 0 Å². The van der Waals surface area contributed by atoms with Gasteiger partial charge >= 0.3 is 23.5 Å². The predicted octanol–water partition coefficient (Wildman–Crippen LogP) is 15.1. The molecule has 1 radical (unpaired) electrons. The van der Waals surface area contributed by atoms with Crippen molar-refractivity contribution in [3.63, 3.8) is 0 Å². The van der Waals surface area contributed by atoms with Gasteiger partial charge in [-0.05, 0) is 61.7 Å². The Balaban J connectivity index is 0. The minimum absolute atomic E-state index is 0. The zero-order valence-electron chi connectivity index (χ0n) is 37.0. The van der Waals surface area contributed by atoms with Crippen LogP contribution in [-0.4, -0.2) is 62.6 Å². The molecule has 0 bridgehead atoms.